The molecule has 2 atom stereocenters. The molecule has 1 aromatic carbocycles. The second kappa shape index (κ2) is 6.95. The Morgan fingerprint density at radius 2 is 2.30 bits per heavy atom. The molecule has 0 saturated heterocycles. The van der Waals surface area contributed by atoms with Crippen molar-refractivity contribution in [1.29, 1.82) is 0 Å². The molecule has 1 fully saturated rings. The number of carbonyl (C=O) groups excluding carboxylic acids is 1. The van der Waals surface area contributed by atoms with Crippen LogP contribution < -0.4 is 15.8 Å². The predicted octanol–water partition coefficient (Wildman–Crippen LogP) is 2.27. The number of ether oxygens (including phenoxy) is 1. The first-order chi connectivity index (χ1) is 9.60. The fourth-order valence-electron chi connectivity index (χ4n) is 2.68. The number of amides is 1. The molecule has 2 unspecified atom stereocenters. The van der Waals surface area contributed by atoms with Crippen LogP contribution >= 0.6 is 11.6 Å². The molecule has 0 bridgehead atoms. The predicted molar refractivity (Wildman–Crippen MR) is 80.0 cm³/mol. The highest BCUT2D eigenvalue weighted by molar-refractivity contribution is 6.30. The Hall–Kier alpha value is -1.26. The van der Waals surface area contributed by atoms with Crippen molar-refractivity contribution in [3.63, 3.8) is 0 Å². The molecule has 0 radical (unpaired) electrons. The van der Waals surface area contributed by atoms with Crippen LogP contribution in [-0.2, 0) is 4.79 Å². The smallest absolute Gasteiger partial charge is 0.258 e. The molecule has 3 N–H and O–H groups in total. The first kappa shape index (κ1) is 15.1. The second-order valence-electron chi connectivity index (χ2n) is 5.30. The molecule has 1 aromatic rings. The van der Waals surface area contributed by atoms with Gasteiger partial charge in [0.25, 0.3) is 5.91 Å². The maximum atomic E-state index is 11.9. The summed E-state index contributed by atoms with van der Waals surface area (Å²) in [6, 6.07) is 5.55. The third-order valence-corrected chi connectivity index (χ3v) is 4.04. The van der Waals surface area contributed by atoms with Gasteiger partial charge in [-0.25, -0.2) is 0 Å². The van der Waals surface area contributed by atoms with Crippen molar-refractivity contribution in [2.75, 3.05) is 13.2 Å². The molecule has 110 valence electrons. The number of hydrogen-bond donors (Lipinski definition) is 2. The van der Waals surface area contributed by atoms with Gasteiger partial charge in [0.05, 0.1) is 0 Å². The van der Waals surface area contributed by atoms with Crippen LogP contribution in [0.3, 0.4) is 0 Å². The summed E-state index contributed by atoms with van der Waals surface area (Å²) in [5, 5.41) is 3.67. The Balaban J connectivity index is 1.83. The van der Waals surface area contributed by atoms with Crippen molar-refractivity contribution in [2.24, 2.45) is 11.7 Å². The van der Waals surface area contributed by atoms with Gasteiger partial charge in [0, 0.05) is 11.1 Å². The topological polar surface area (TPSA) is 64.3 Å². The molecule has 0 heterocycles. The van der Waals surface area contributed by atoms with Crippen LogP contribution in [0.2, 0.25) is 5.02 Å². The number of nitrogens with two attached hydrogens (primary N) is 1. The first-order valence-corrected chi connectivity index (χ1v) is 7.36. The molecule has 2 rings (SSSR count). The van der Waals surface area contributed by atoms with Gasteiger partial charge in [0.2, 0.25) is 0 Å². The van der Waals surface area contributed by atoms with Crippen molar-refractivity contribution < 1.29 is 9.53 Å². The molecule has 20 heavy (non-hydrogen) atoms. The van der Waals surface area contributed by atoms with Crippen LogP contribution in [0.5, 0.6) is 5.75 Å². The number of nitrogens with one attached hydrogen (secondary N) is 1. The van der Waals surface area contributed by atoms with Crippen LogP contribution in [0.4, 0.5) is 0 Å². The van der Waals surface area contributed by atoms with Crippen molar-refractivity contribution in [3.05, 3.63) is 28.8 Å². The van der Waals surface area contributed by atoms with E-state index in [0.29, 0.717) is 23.2 Å². The molecule has 0 spiro atoms. The number of halogens is 1. The maximum Gasteiger partial charge on any atom is 0.258 e. The quantitative estimate of drug-likeness (QED) is 0.876. The first-order valence-electron chi connectivity index (χ1n) is 6.98. The van der Waals surface area contributed by atoms with E-state index >= 15 is 0 Å². The van der Waals surface area contributed by atoms with Crippen LogP contribution in [0.25, 0.3) is 0 Å². The lowest BCUT2D eigenvalue weighted by Gasteiger charge is -2.19. The summed E-state index contributed by atoms with van der Waals surface area (Å²) in [6.07, 6.45) is 3.23. The van der Waals surface area contributed by atoms with Crippen molar-refractivity contribution in [3.8, 4) is 5.75 Å². The summed E-state index contributed by atoms with van der Waals surface area (Å²) in [6.45, 7) is 2.55. The minimum absolute atomic E-state index is 0.0241. The van der Waals surface area contributed by atoms with Crippen LogP contribution in [0.1, 0.15) is 24.8 Å². The van der Waals surface area contributed by atoms with Gasteiger partial charge < -0.3 is 15.8 Å². The monoisotopic (exact) mass is 296 g/mol. The van der Waals surface area contributed by atoms with Gasteiger partial charge in [0.15, 0.2) is 6.61 Å². The molecule has 0 aliphatic heterocycles. The normalized spacial score (nSPS) is 21.8. The summed E-state index contributed by atoms with van der Waals surface area (Å²) in [7, 11) is 0. The summed E-state index contributed by atoms with van der Waals surface area (Å²) in [5.41, 5.74) is 6.63. The van der Waals surface area contributed by atoms with Gasteiger partial charge in [-0.1, -0.05) is 18.0 Å². The van der Waals surface area contributed by atoms with Crippen molar-refractivity contribution >= 4 is 17.5 Å². The Morgan fingerprint density at radius 3 is 3.00 bits per heavy atom. The van der Waals surface area contributed by atoms with Crippen LogP contribution in [-0.4, -0.2) is 25.1 Å². The maximum absolute atomic E-state index is 11.9. The average molecular weight is 297 g/mol. The van der Waals surface area contributed by atoms with E-state index in [1.165, 1.54) is 0 Å². The van der Waals surface area contributed by atoms with Gasteiger partial charge in [0.1, 0.15) is 5.75 Å². The highest BCUT2D eigenvalue weighted by atomic mass is 35.5. The van der Waals surface area contributed by atoms with E-state index in [1.54, 1.807) is 12.1 Å². The van der Waals surface area contributed by atoms with E-state index in [0.717, 1.165) is 24.8 Å². The molecule has 1 saturated carbocycles. The lowest BCUT2D eigenvalue weighted by Crippen LogP contribution is -2.42. The Bertz CT molecular complexity index is 479. The van der Waals surface area contributed by atoms with E-state index in [-0.39, 0.29) is 18.6 Å². The number of carbonyl (C=O) groups is 1. The molecule has 5 heteroatoms. The van der Waals surface area contributed by atoms with Gasteiger partial charge in [-0.2, -0.15) is 0 Å². The third-order valence-electron chi connectivity index (χ3n) is 3.80. The summed E-state index contributed by atoms with van der Waals surface area (Å²) >= 11 is 5.88. The summed E-state index contributed by atoms with van der Waals surface area (Å²) in [4.78, 5) is 11.9. The molecule has 1 aliphatic rings. The van der Waals surface area contributed by atoms with E-state index in [4.69, 9.17) is 22.1 Å². The van der Waals surface area contributed by atoms with Crippen molar-refractivity contribution in [1.82, 2.24) is 5.32 Å². The lowest BCUT2D eigenvalue weighted by molar-refractivity contribution is -0.124. The van der Waals surface area contributed by atoms with E-state index in [1.807, 2.05) is 13.0 Å². The molecule has 0 aromatic heterocycles. The van der Waals surface area contributed by atoms with E-state index in [9.17, 15) is 4.79 Å². The zero-order valence-corrected chi connectivity index (χ0v) is 12.5. The Morgan fingerprint density at radius 1 is 1.50 bits per heavy atom. The van der Waals surface area contributed by atoms with Gasteiger partial charge in [-0.15, -0.1) is 0 Å². The molecule has 1 amide bonds. The zero-order chi connectivity index (χ0) is 14.5. The standard InChI is InChI=1S/C15H21ClN2O2/c1-10-7-12(16)5-6-14(10)20-9-15(19)18-13-4-2-3-11(13)8-17/h5-7,11,13H,2-4,8-9,17H2,1H3,(H,18,19). The molecular weight excluding hydrogens is 276 g/mol. The summed E-state index contributed by atoms with van der Waals surface area (Å²) in [5.74, 6) is 0.993. The zero-order valence-electron chi connectivity index (χ0n) is 11.7. The van der Waals surface area contributed by atoms with E-state index in [2.05, 4.69) is 5.32 Å². The minimum atomic E-state index is -0.0929. The fraction of sp³-hybridized carbons (Fsp3) is 0.533. The van der Waals surface area contributed by atoms with E-state index < -0.39 is 0 Å². The average Bonchev–Trinajstić information content (AvgIpc) is 2.85. The minimum Gasteiger partial charge on any atom is -0.484 e. The molecule has 1 aliphatic carbocycles. The molecular formula is C15H21ClN2O2. The van der Waals surface area contributed by atoms with Gasteiger partial charge in [-0.3, -0.25) is 4.79 Å². The number of rotatable bonds is 5. The third kappa shape index (κ3) is 3.87. The highest BCUT2D eigenvalue weighted by Crippen LogP contribution is 2.25. The van der Waals surface area contributed by atoms with Crippen LogP contribution in [0.15, 0.2) is 18.2 Å². The lowest BCUT2D eigenvalue weighted by atomic mass is 10.0. The second-order valence-corrected chi connectivity index (χ2v) is 5.74. The number of benzene rings is 1. The largest absolute Gasteiger partial charge is 0.484 e. The SMILES string of the molecule is Cc1cc(Cl)ccc1OCC(=O)NC1CCCC1CN. The molecule has 4 nitrogen and oxygen atoms in total. The number of aryl methyl sites for hydroxylation is 1. The van der Waals surface area contributed by atoms with Gasteiger partial charge >= 0.3 is 0 Å². The summed E-state index contributed by atoms with van der Waals surface area (Å²) < 4.78 is 5.53. The fourth-order valence-corrected chi connectivity index (χ4v) is 2.90. The van der Waals surface area contributed by atoms with Crippen LogP contribution in [0, 0.1) is 12.8 Å². The number of hydrogen-bond acceptors (Lipinski definition) is 3. The van der Waals surface area contributed by atoms with Gasteiger partial charge in [-0.05, 0) is 56.0 Å². The highest BCUT2D eigenvalue weighted by Gasteiger charge is 2.27. The van der Waals surface area contributed by atoms with Crippen molar-refractivity contribution in [2.45, 2.75) is 32.2 Å². The Kier molecular flexibility index (Phi) is 5.26. The Labute approximate surface area is 124 Å².